The monoisotopic (exact) mass is 216 g/mol. The lowest BCUT2D eigenvalue weighted by Crippen LogP contribution is -2.38. The van der Waals surface area contributed by atoms with Crippen molar-refractivity contribution < 1.29 is 24.6 Å². The van der Waals surface area contributed by atoms with Gasteiger partial charge >= 0.3 is 11.9 Å². The highest BCUT2D eigenvalue weighted by molar-refractivity contribution is 6.36. The van der Waals surface area contributed by atoms with Crippen LogP contribution in [0.5, 0.6) is 0 Å². The number of hydrogen-bond acceptors (Lipinski definition) is 5. The molecule has 0 aromatic heterocycles. The zero-order valence-corrected chi connectivity index (χ0v) is 8.08. The average Bonchev–Trinajstić information content (AvgIpc) is 2.48. The van der Waals surface area contributed by atoms with Crippen molar-refractivity contribution in [1.29, 1.82) is 0 Å². The molecule has 1 rings (SSSR count). The number of aliphatic carboxylic acids is 2. The van der Waals surface area contributed by atoms with Crippen LogP contribution >= 0.6 is 0 Å². The maximum absolute atomic E-state index is 10.7. The van der Waals surface area contributed by atoms with Gasteiger partial charge < -0.3 is 20.8 Å². The molecule has 4 N–H and O–H groups in total. The lowest BCUT2D eigenvalue weighted by Gasteiger charge is -2.15. The predicted octanol–water partition coefficient (Wildman–Crippen LogP) is -0.736. The van der Waals surface area contributed by atoms with Crippen LogP contribution in [-0.4, -0.2) is 40.0 Å². The highest BCUT2D eigenvalue weighted by Gasteiger charge is 2.37. The number of hydrogen-bond donors (Lipinski definition) is 3. The van der Waals surface area contributed by atoms with Gasteiger partial charge in [-0.3, -0.25) is 4.79 Å². The quantitative estimate of drug-likeness (QED) is 0.569. The van der Waals surface area contributed by atoms with Gasteiger partial charge in [0.25, 0.3) is 0 Å². The molecule has 1 heterocycles. The van der Waals surface area contributed by atoms with E-state index in [1.54, 1.807) is 6.92 Å². The van der Waals surface area contributed by atoms with Crippen LogP contribution in [0.2, 0.25) is 0 Å². The third kappa shape index (κ3) is 2.44. The summed E-state index contributed by atoms with van der Waals surface area (Å²) in [5.41, 5.74) is 5.15. The van der Waals surface area contributed by atoms with Crippen LogP contribution in [-0.2, 0) is 14.4 Å². The summed E-state index contributed by atoms with van der Waals surface area (Å²) in [5, 5.41) is 20.7. The molecule has 3 atom stereocenters. The van der Waals surface area contributed by atoms with Crippen LogP contribution in [0.15, 0.2) is 5.16 Å². The van der Waals surface area contributed by atoms with Crippen molar-refractivity contribution in [2.24, 2.45) is 16.8 Å². The summed E-state index contributed by atoms with van der Waals surface area (Å²) in [6.45, 7) is 1.62. The van der Waals surface area contributed by atoms with Gasteiger partial charge in [-0.25, -0.2) is 4.79 Å². The van der Waals surface area contributed by atoms with Gasteiger partial charge in [0.05, 0.1) is 5.92 Å². The van der Waals surface area contributed by atoms with E-state index < -0.39 is 30.0 Å². The molecule has 0 unspecified atom stereocenters. The van der Waals surface area contributed by atoms with E-state index in [1.165, 1.54) is 0 Å². The minimum Gasteiger partial charge on any atom is -0.480 e. The second-order valence-corrected chi connectivity index (χ2v) is 3.38. The highest BCUT2D eigenvalue weighted by atomic mass is 16.6. The number of nitrogens with zero attached hydrogens (tertiary/aromatic N) is 1. The summed E-state index contributed by atoms with van der Waals surface area (Å²) in [6.07, 6.45) is -0.455. The lowest BCUT2D eigenvalue weighted by atomic mass is 9.91. The molecule has 0 radical (unpaired) electrons. The molecule has 84 valence electrons. The van der Waals surface area contributed by atoms with Crippen molar-refractivity contribution in [2.75, 3.05) is 0 Å². The first kappa shape index (κ1) is 11.4. The molecule has 1 aliphatic heterocycles. The average molecular weight is 216 g/mol. The standard InChI is InChI=1S/C8H12N2O5/c1-3-4(2-5(9)7(11)12)6(8(13)14)10-15-3/h3-5H,2,9H2,1H3,(H,11,12)(H,13,14)/t3-,4+,5+/m0/s1. The number of carboxylic acids is 2. The largest absolute Gasteiger partial charge is 0.480 e. The smallest absolute Gasteiger partial charge is 0.354 e. The molecule has 0 fully saturated rings. The fourth-order valence-corrected chi connectivity index (χ4v) is 1.38. The Labute approximate surface area is 85.5 Å². The molecule has 1 aliphatic rings. The molecule has 0 aliphatic carbocycles. The Morgan fingerprint density at radius 2 is 2.20 bits per heavy atom. The Balaban J connectivity index is 2.71. The van der Waals surface area contributed by atoms with Crippen LogP contribution < -0.4 is 5.73 Å². The highest BCUT2D eigenvalue weighted by Crippen LogP contribution is 2.22. The summed E-state index contributed by atoms with van der Waals surface area (Å²) < 4.78 is 0. The van der Waals surface area contributed by atoms with Crippen molar-refractivity contribution in [1.82, 2.24) is 0 Å². The van der Waals surface area contributed by atoms with Crippen LogP contribution in [0.4, 0.5) is 0 Å². The molecule has 7 heteroatoms. The molecule has 0 saturated carbocycles. The van der Waals surface area contributed by atoms with Crippen LogP contribution in [0.1, 0.15) is 13.3 Å². The van der Waals surface area contributed by atoms with Gasteiger partial charge in [-0.1, -0.05) is 5.16 Å². The normalized spacial score (nSPS) is 26.7. The SMILES string of the molecule is C[C@@H]1ON=C(C(=O)O)[C@@H]1C[C@@H](N)C(=O)O. The summed E-state index contributed by atoms with van der Waals surface area (Å²) in [6, 6.07) is -1.11. The van der Waals surface area contributed by atoms with E-state index in [0.717, 1.165) is 0 Å². The van der Waals surface area contributed by atoms with Crippen molar-refractivity contribution in [3.8, 4) is 0 Å². The fourth-order valence-electron chi connectivity index (χ4n) is 1.38. The molecule has 0 spiro atoms. The first-order valence-electron chi connectivity index (χ1n) is 4.39. The van der Waals surface area contributed by atoms with E-state index >= 15 is 0 Å². The molecule has 0 saturated heterocycles. The molecule has 7 nitrogen and oxygen atoms in total. The zero-order chi connectivity index (χ0) is 11.6. The van der Waals surface area contributed by atoms with E-state index in [2.05, 4.69) is 5.16 Å². The Hall–Kier alpha value is -1.63. The van der Waals surface area contributed by atoms with Gasteiger partial charge in [-0.05, 0) is 13.3 Å². The summed E-state index contributed by atoms with van der Waals surface area (Å²) in [4.78, 5) is 26.0. The van der Waals surface area contributed by atoms with Crippen molar-refractivity contribution >= 4 is 17.7 Å². The van der Waals surface area contributed by atoms with Gasteiger partial charge in [0.2, 0.25) is 0 Å². The molecule has 0 aromatic carbocycles. The maximum atomic E-state index is 10.7. The van der Waals surface area contributed by atoms with Gasteiger partial charge in [-0.2, -0.15) is 0 Å². The molecule has 0 amide bonds. The van der Waals surface area contributed by atoms with E-state index in [0.29, 0.717) is 0 Å². The third-order valence-electron chi connectivity index (χ3n) is 2.28. The van der Waals surface area contributed by atoms with Crippen molar-refractivity contribution in [2.45, 2.75) is 25.5 Å². The van der Waals surface area contributed by atoms with Gasteiger partial charge in [0.1, 0.15) is 12.1 Å². The summed E-state index contributed by atoms with van der Waals surface area (Å²) in [5.74, 6) is -2.95. The predicted molar refractivity (Wildman–Crippen MR) is 49.3 cm³/mol. The minimum absolute atomic E-state index is 0.00162. The van der Waals surface area contributed by atoms with E-state index in [1.807, 2.05) is 0 Å². The first-order chi connectivity index (χ1) is 6.93. The third-order valence-corrected chi connectivity index (χ3v) is 2.28. The summed E-state index contributed by atoms with van der Waals surface area (Å²) in [7, 11) is 0. The Kier molecular flexibility index (Phi) is 3.25. The number of nitrogens with two attached hydrogens (primary N) is 1. The molecule has 0 bridgehead atoms. The van der Waals surface area contributed by atoms with E-state index in [-0.39, 0.29) is 12.1 Å². The van der Waals surface area contributed by atoms with Gasteiger partial charge in [-0.15, -0.1) is 0 Å². The second kappa shape index (κ2) is 4.26. The van der Waals surface area contributed by atoms with Gasteiger partial charge in [0, 0.05) is 0 Å². The van der Waals surface area contributed by atoms with Crippen LogP contribution in [0, 0.1) is 5.92 Å². The van der Waals surface area contributed by atoms with Gasteiger partial charge in [0.15, 0.2) is 5.71 Å². The number of carbonyl (C=O) groups is 2. The Bertz CT molecular complexity index is 314. The number of oxime groups is 1. The summed E-state index contributed by atoms with van der Waals surface area (Å²) >= 11 is 0. The second-order valence-electron chi connectivity index (χ2n) is 3.38. The minimum atomic E-state index is -1.21. The van der Waals surface area contributed by atoms with E-state index in [4.69, 9.17) is 20.8 Å². The molecular weight excluding hydrogens is 204 g/mol. The van der Waals surface area contributed by atoms with E-state index in [9.17, 15) is 9.59 Å². The van der Waals surface area contributed by atoms with Crippen LogP contribution in [0.25, 0.3) is 0 Å². The Morgan fingerprint density at radius 1 is 1.60 bits per heavy atom. The number of rotatable bonds is 4. The maximum Gasteiger partial charge on any atom is 0.354 e. The number of carboxylic acid groups (broad SMARTS) is 2. The fraction of sp³-hybridized carbons (Fsp3) is 0.625. The van der Waals surface area contributed by atoms with Crippen molar-refractivity contribution in [3.63, 3.8) is 0 Å². The zero-order valence-electron chi connectivity index (χ0n) is 8.08. The lowest BCUT2D eigenvalue weighted by molar-refractivity contribution is -0.139. The Morgan fingerprint density at radius 3 is 2.67 bits per heavy atom. The molecule has 15 heavy (non-hydrogen) atoms. The molecular formula is C8H12N2O5. The van der Waals surface area contributed by atoms with Crippen molar-refractivity contribution in [3.05, 3.63) is 0 Å². The topological polar surface area (TPSA) is 122 Å². The first-order valence-corrected chi connectivity index (χ1v) is 4.39. The molecule has 0 aromatic rings. The van der Waals surface area contributed by atoms with Crippen LogP contribution in [0.3, 0.4) is 0 Å².